The van der Waals surface area contributed by atoms with Crippen LogP contribution in [0.2, 0.25) is 0 Å². The lowest BCUT2D eigenvalue weighted by Gasteiger charge is -2.38. The Bertz CT molecular complexity index is 993. The molecular weight excluding hydrogens is 390 g/mol. The largest absolute Gasteiger partial charge is 0.330 e. The van der Waals surface area contributed by atoms with Crippen molar-refractivity contribution in [3.05, 3.63) is 41.2 Å². The number of nitrogens with zero attached hydrogens (tertiary/aromatic N) is 5. The number of fused-ring (bicyclic) bond motifs is 3. The van der Waals surface area contributed by atoms with E-state index in [0.717, 1.165) is 31.4 Å². The monoisotopic (exact) mass is 417 g/mol. The molecule has 1 saturated carbocycles. The second-order valence-electron chi connectivity index (χ2n) is 9.57. The van der Waals surface area contributed by atoms with Gasteiger partial charge in [0.15, 0.2) is 5.69 Å². The molecule has 5 rings (SSSR count). The first-order valence-electron chi connectivity index (χ1n) is 11.2. The fraction of sp³-hybridized carbons (Fsp3) is 0.583. The van der Waals surface area contributed by atoms with Crippen LogP contribution in [0, 0.1) is 29.7 Å². The van der Waals surface area contributed by atoms with Crippen LogP contribution in [0.5, 0.6) is 0 Å². The summed E-state index contributed by atoms with van der Waals surface area (Å²) in [7, 11) is 0. The molecule has 1 aromatic rings. The van der Waals surface area contributed by atoms with E-state index in [1.807, 2.05) is 35.8 Å². The highest BCUT2D eigenvalue weighted by atomic mass is 16.2. The fourth-order valence-corrected chi connectivity index (χ4v) is 5.96. The van der Waals surface area contributed by atoms with Crippen molar-refractivity contribution in [2.45, 2.75) is 63.3 Å². The zero-order valence-electron chi connectivity index (χ0n) is 17.9. The molecule has 1 aromatic carbocycles. The summed E-state index contributed by atoms with van der Waals surface area (Å²) < 4.78 is 0. The highest BCUT2D eigenvalue weighted by Crippen LogP contribution is 2.48. The van der Waals surface area contributed by atoms with Gasteiger partial charge in [-0.05, 0) is 37.7 Å². The number of carbonyl (C=O) groups excluding carboxylic acids is 2. The average molecular weight is 418 g/mol. The molecule has 3 heterocycles. The Morgan fingerprint density at radius 3 is 2.65 bits per heavy atom. The second kappa shape index (κ2) is 7.35. The number of piperidine rings is 1. The molecule has 31 heavy (non-hydrogen) atoms. The van der Waals surface area contributed by atoms with Crippen LogP contribution in [0.25, 0.3) is 4.85 Å². The maximum Gasteiger partial charge on any atom is 0.240 e. The first-order chi connectivity index (χ1) is 14.9. The summed E-state index contributed by atoms with van der Waals surface area (Å²) >= 11 is 0. The average Bonchev–Trinajstić information content (AvgIpc) is 3.11. The van der Waals surface area contributed by atoms with Crippen molar-refractivity contribution >= 4 is 17.5 Å². The molecule has 4 fully saturated rings. The molecule has 3 saturated heterocycles. The highest BCUT2D eigenvalue weighted by molar-refractivity contribution is 5.86. The molecule has 1 unspecified atom stereocenters. The van der Waals surface area contributed by atoms with E-state index in [2.05, 4.69) is 15.8 Å². The molecule has 0 radical (unpaired) electrons. The van der Waals surface area contributed by atoms with Gasteiger partial charge in [0, 0.05) is 31.1 Å². The third-order valence-corrected chi connectivity index (χ3v) is 7.67. The molecular formula is C24H27N5O2. The molecule has 160 valence electrons. The van der Waals surface area contributed by atoms with Gasteiger partial charge in [0.05, 0.1) is 24.7 Å². The predicted molar refractivity (Wildman–Crippen MR) is 114 cm³/mol. The Kier molecular flexibility index (Phi) is 4.75. The Hall–Kier alpha value is -2.90. The van der Waals surface area contributed by atoms with E-state index in [0.29, 0.717) is 18.2 Å². The predicted octanol–water partition coefficient (Wildman–Crippen LogP) is 2.73. The minimum absolute atomic E-state index is 0.0312. The van der Waals surface area contributed by atoms with Crippen LogP contribution < -0.4 is 0 Å². The second-order valence-corrected chi connectivity index (χ2v) is 9.57. The van der Waals surface area contributed by atoms with E-state index in [4.69, 9.17) is 6.57 Å². The SMILES string of the molecule is [C-]#[N+]c1ccc([C@H](C)N2C(=O)[C@@H]3C[C@H]2CN3C[C@H](C)C(=O)N2C3C[C@H]3C[C@H]2C#N)cc1. The van der Waals surface area contributed by atoms with Crippen molar-refractivity contribution in [2.75, 3.05) is 13.1 Å². The van der Waals surface area contributed by atoms with E-state index in [9.17, 15) is 14.9 Å². The van der Waals surface area contributed by atoms with Crippen LogP contribution in [0.4, 0.5) is 5.69 Å². The normalized spacial score (nSPS) is 33.0. The summed E-state index contributed by atoms with van der Waals surface area (Å²) in [5.41, 5.74) is 1.64. The van der Waals surface area contributed by atoms with Gasteiger partial charge in [0.1, 0.15) is 6.04 Å². The number of benzene rings is 1. The van der Waals surface area contributed by atoms with Gasteiger partial charge >= 0.3 is 0 Å². The molecule has 7 atom stereocenters. The van der Waals surface area contributed by atoms with E-state index in [-0.39, 0.29) is 47.9 Å². The summed E-state index contributed by atoms with van der Waals surface area (Å²) in [5.74, 6) is 0.506. The van der Waals surface area contributed by atoms with Gasteiger partial charge in [-0.1, -0.05) is 31.2 Å². The van der Waals surface area contributed by atoms with Crippen molar-refractivity contribution in [1.82, 2.24) is 14.7 Å². The Morgan fingerprint density at radius 2 is 2.00 bits per heavy atom. The molecule has 0 aromatic heterocycles. The van der Waals surface area contributed by atoms with Gasteiger partial charge in [-0.15, -0.1) is 0 Å². The fourth-order valence-electron chi connectivity index (χ4n) is 5.96. The summed E-state index contributed by atoms with van der Waals surface area (Å²) in [6, 6.07) is 9.71. The molecule has 3 aliphatic heterocycles. The summed E-state index contributed by atoms with van der Waals surface area (Å²) in [6.07, 6.45) is 2.66. The zero-order valence-corrected chi connectivity index (χ0v) is 17.9. The van der Waals surface area contributed by atoms with Gasteiger partial charge in [0.25, 0.3) is 0 Å². The van der Waals surface area contributed by atoms with E-state index in [1.54, 1.807) is 12.1 Å². The molecule has 2 amide bonds. The quantitative estimate of drug-likeness (QED) is 0.691. The standard InChI is InChI=1S/C24H27N5O2/c1-14(23(30)29-19(11-25)8-17-9-21(17)29)12-27-13-20-10-22(27)24(31)28(20)15(2)16-4-6-18(26-3)7-5-16/h4-7,14-15,17,19-22H,8-10,12-13H2,1-2H3/t14-,15-,17+,19-,20-,21?,22-/m0/s1. The maximum atomic E-state index is 13.2. The lowest BCUT2D eigenvalue weighted by molar-refractivity contribution is -0.142. The van der Waals surface area contributed by atoms with Gasteiger partial charge < -0.3 is 9.80 Å². The van der Waals surface area contributed by atoms with Crippen molar-refractivity contribution in [1.29, 1.82) is 5.26 Å². The van der Waals surface area contributed by atoms with E-state index in [1.165, 1.54) is 0 Å². The zero-order chi connectivity index (χ0) is 21.9. The van der Waals surface area contributed by atoms with Crippen molar-refractivity contribution in [3.63, 3.8) is 0 Å². The summed E-state index contributed by atoms with van der Waals surface area (Å²) in [4.78, 5) is 35.7. The van der Waals surface area contributed by atoms with E-state index < -0.39 is 0 Å². The number of nitriles is 1. The van der Waals surface area contributed by atoms with Crippen molar-refractivity contribution in [3.8, 4) is 6.07 Å². The number of hydrogen-bond donors (Lipinski definition) is 0. The first kappa shape index (κ1) is 20.0. The third kappa shape index (κ3) is 3.20. The Balaban J connectivity index is 1.23. The van der Waals surface area contributed by atoms with Gasteiger partial charge in [0.2, 0.25) is 11.8 Å². The van der Waals surface area contributed by atoms with Crippen molar-refractivity contribution < 1.29 is 9.59 Å². The lowest BCUT2D eigenvalue weighted by Crippen LogP contribution is -2.53. The Morgan fingerprint density at radius 1 is 1.26 bits per heavy atom. The van der Waals surface area contributed by atoms with Gasteiger partial charge in [-0.3, -0.25) is 14.5 Å². The van der Waals surface area contributed by atoms with Crippen LogP contribution in [-0.4, -0.2) is 63.8 Å². The highest BCUT2D eigenvalue weighted by Gasteiger charge is 2.55. The summed E-state index contributed by atoms with van der Waals surface area (Å²) in [5, 5.41) is 9.40. The van der Waals surface area contributed by atoms with Crippen molar-refractivity contribution in [2.24, 2.45) is 11.8 Å². The number of piperazine rings is 1. The van der Waals surface area contributed by atoms with Crippen LogP contribution >= 0.6 is 0 Å². The minimum Gasteiger partial charge on any atom is -0.330 e. The molecule has 7 heteroatoms. The van der Waals surface area contributed by atoms with E-state index >= 15 is 0 Å². The number of hydrogen-bond acceptors (Lipinski definition) is 4. The molecule has 2 bridgehead atoms. The number of rotatable bonds is 5. The number of amides is 2. The smallest absolute Gasteiger partial charge is 0.240 e. The van der Waals surface area contributed by atoms with Crippen LogP contribution in [0.3, 0.4) is 0 Å². The molecule has 7 nitrogen and oxygen atoms in total. The third-order valence-electron chi connectivity index (χ3n) is 7.67. The number of likely N-dealkylation sites (tertiary alicyclic amines) is 3. The first-order valence-corrected chi connectivity index (χ1v) is 11.2. The minimum atomic E-state index is -0.277. The topological polar surface area (TPSA) is 72.0 Å². The summed E-state index contributed by atoms with van der Waals surface area (Å²) in [6.45, 7) is 12.4. The molecule has 4 aliphatic rings. The van der Waals surface area contributed by atoms with Gasteiger partial charge in [-0.2, -0.15) is 5.26 Å². The van der Waals surface area contributed by atoms with Crippen LogP contribution in [0.1, 0.15) is 44.7 Å². The van der Waals surface area contributed by atoms with Gasteiger partial charge in [-0.25, -0.2) is 4.85 Å². The Labute approximate surface area is 183 Å². The lowest BCUT2D eigenvalue weighted by atomic mass is 10.0. The molecule has 0 N–H and O–H groups in total. The maximum absolute atomic E-state index is 13.2. The van der Waals surface area contributed by atoms with Crippen LogP contribution in [-0.2, 0) is 9.59 Å². The molecule has 0 spiro atoms. The van der Waals surface area contributed by atoms with Crippen LogP contribution in [0.15, 0.2) is 24.3 Å². The number of carbonyl (C=O) groups is 2. The molecule has 1 aliphatic carbocycles.